The Labute approximate surface area is 114 Å². The second-order valence-electron chi connectivity index (χ2n) is 5.10. The Morgan fingerprint density at radius 2 is 1.84 bits per heavy atom. The molecule has 0 saturated heterocycles. The lowest BCUT2D eigenvalue weighted by Gasteiger charge is -2.15. The molecule has 0 aliphatic rings. The molecule has 0 saturated carbocycles. The van der Waals surface area contributed by atoms with Gasteiger partial charge in [-0.1, -0.05) is 13.8 Å². The summed E-state index contributed by atoms with van der Waals surface area (Å²) in [6, 6.07) is 7.08. The second kappa shape index (κ2) is 7.67. The van der Waals surface area contributed by atoms with Gasteiger partial charge in [-0.2, -0.15) is 0 Å². The monoisotopic (exact) mass is 265 g/mol. The van der Waals surface area contributed by atoms with Gasteiger partial charge in [0.2, 0.25) is 0 Å². The molecule has 4 nitrogen and oxygen atoms in total. The van der Waals surface area contributed by atoms with Crippen molar-refractivity contribution >= 4 is 11.7 Å². The van der Waals surface area contributed by atoms with Gasteiger partial charge < -0.3 is 15.2 Å². The number of esters is 1. The number of carbonyl (C=O) groups is 1. The van der Waals surface area contributed by atoms with Crippen molar-refractivity contribution in [2.45, 2.75) is 39.7 Å². The molecule has 0 amide bonds. The number of ether oxygens (including phenoxy) is 2. The van der Waals surface area contributed by atoms with Crippen LogP contribution in [0.1, 0.15) is 33.6 Å². The Morgan fingerprint density at radius 1 is 1.21 bits per heavy atom. The van der Waals surface area contributed by atoms with Crippen LogP contribution in [0, 0.1) is 5.92 Å². The van der Waals surface area contributed by atoms with E-state index in [2.05, 4.69) is 13.8 Å². The van der Waals surface area contributed by atoms with E-state index in [0.29, 0.717) is 24.0 Å². The zero-order chi connectivity index (χ0) is 14.3. The molecule has 0 spiro atoms. The predicted octanol–water partition coefficient (Wildman–Crippen LogP) is 3.02. The Kier molecular flexibility index (Phi) is 6.19. The maximum atomic E-state index is 11.6. The minimum Gasteiger partial charge on any atom is -0.493 e. The number of benzene rings is 1. The Hall–Kier alpha value is -1.71. The Morgan fingerprint density at radius 3 is 2.42 bits per heavy atom. The van der Waals surface area contributed by atoms with Gasteiger partial charge in [-0.3, -0.25) is 4.79 Å². The molecule has 0 heterocycles. The minimum absolute atomic E-state index is 0.0379. The Balaban J connectivity index is 2.21. The third kappa shape index (κ3) is 6.70. The van der Waals surface area contributed by atoms with Crippen LogP contribution in [0.25, 0.3) is 0 Å². The molecule has 106 valence electrons. The van der Waals surface area contributed by atoms with Crippen LogP contribution < -0.4 is 10.5 Å². The number of anilines is 1. The molecule has 4 heteroatoms. The highest BCUT2D eigenvalue weighted by Crippen LogP contribution is 2.13. The van der Waals surface area contributed by atoms with E-state index < -0.39 is 0 Å². The zero-order valence-corrected chi connectivity index (χ0v) is 11.9. The average molecular weight is 265 g/mol. The van der Waals surface area contributed by atoms with E-state index in [1.54, 1.807) is 24.3 Å². The molecular weight excluding hydrogens is 242 g/mol. The molecule has 1 unspecified atom stereocenters. The van der Waals surface area contributed by atoms with Crippen LogP contribution >= 0.6 is 0 Å². The molecule has 0 bridgehead atoms. The van der Waals surface area contributed by atoms with Gasteiger partial charge in [-0.15, -0.1) is 0 Å². The summed E-state index contributed by atoms with van der Waals surface area (Å²) in [6.45, 7) is 6.44. The summed E-state index contributed by atoms with van der Waals surface area (Å²) in [7, 11) is 0. The summed E-state index contributed by atoms with van der Waals surface area (Å²) in [5.74, 6) is 1.01. The molecule has 1 rings (SSSR count). The maximum absolute atomic E-state index is 11.6. The van der Waals surface area contributed by atoms with Crippen molar-refractivity contribution in [3.8, 4) is 5.75 Å². The summed E-state index contributed by atoms with van der Waals surface area (Å²) in [4.78, 5) is 11.6. The maximum Gasteiger partial charge on any atom is 0.309 e. The standard InChI is InChI=1S/C15H23NO3/c1-11(2)10-12(3)19-15(17)8-9-18-14-6-4-13(16)5-7-14/h4-7,11-12H,8-10,16H2,1-3H3. The normalized spacial score (nSPS) is 12.2. The van der Waals surface area contributed by atoms with Gasteiger partial charge in [-0.25, -0.2) is 0 Å². The molecular formula is C15H23NO3. The quantitative estimate of drug-likeness (QED) is 0.608. The first-order valence-corrected chi connectivity index (χ1v) is 6.65. The van der Waals surface area contributed by atoms with E-state index in [0.717, 1.165) is 6.42 Å². The molecule has 0 fully saturated rings. The summed E-state index contributed by atoms with van der Waals surface area (Å²) in [6.07, 6.45) is 1.10. The SMILES string of the molecule is CC(C)CC(C)OC(=O)CCOc1ccc(N)cc1. The summed E-state index contributed by atoms with van der Waals surface area (Å²) < 4.78 is 10.7. The summed E-state index contributed by atoms with van der Waals surface area (Å²) in [5.41, 5.74) is 6.26. The van der Waals surface area contributed by atoms with Gasteiger partial charge >= 0.3 is 5.97 Å². The number of hydrogen-bond acceptors (Lipinski definition) is 4. The molecule has 1 atom stereocenters. The Bertz CT molecular complexity index is 387. The van der Waals surface area contributed by atoms with Gasteiger partial charge in [0.25, 0.3) is 0 Å². The van der Waals surface area contributed by atoms with Crippen LogP contribution in [0.4, 0.5) is 5.69 Å². The third-order valence-electron chi connectivity index (χ3n) is 2.59. The van der Waals surface area contributed by atoms with Gasteiger partial charge in [0.15, 0.2) is 0 Å². The van der Waals surface area contributed by atoms with Crippen LogP contribution in [-0.2, 0) is 9.53 Å². The first kappa shape index (κ1) is 15.3. The highest BCUT2D eigenvalue weighted by atomic mass is 16.5. The van der Waals surface area contributed by atoms with Crippen LogP contribution in [0.5, 0.6) is 5.75 Å². The van der Waals surface area contributed by atoms with Crippen molar-refractivity contribution in [2.24, 2.45) is 5.92 Å². The smallest absolute Gasteiger partial charge is 0.309 e. The van der Waals surface area contributed by atoms with Gasteiger partial charge in [-0.05, 0) is 43.5 Å². The number of carbonyl (C=O) groups excluding carboxylic acids is 1. The fourth-order valence-electron chi connectivity index (χ4n) is 1.81. The highest BCUT2D eigenvalue weighted by Gasteiger charge is 2.11. The molecule has 0 aliphatic carbocycles. The van der Waals surface area contributed by atoms with Crippen LogP contribution in [0.2, 0.25) is 0 Å². The minimum atomic E-state index is -0.219. The van der Waals surface area contributed by atoms with E-state index in [1.807, 2.05) is 6.92 Å². The molecule has 0 radical (unpaired) electrons. The third-order valence-corrected chi connectivity index (χ3v) is 2.59. The first-order chi connectivity index (χ1) is 8.97. The number of nitrogen functional groups attached to an aromatic ring is 1. The lowest BCUT2D eigenvalue weighted by Crippen LogP contribution is -2.18. The van der Waals surface area contributed by atoms with Crippen molar-refractivity contribution in [1.82, 2.24) is 0 Å². The van der Waals surface area contributed by atoms with Crippen LogP contribution in [0.3, 0.4) is 0 Å². The van der Waals surface area contributed by atoms with Crippen molar-refractivity contribution in [2.75, 3.05) is 12.3 Å². The van der Waals surface area contributed by atoms with Crippen LogP contribution in [-0.4, -0.2) is 18.7 Å². The molecule has 0 aromatic heterocycles. The van der Waals surface area contributed by atoms with Crippen LogP contribution in [0.15, 0.2) is 24.3 Å². The summed E-state index contributed by atoms with van der Waals surface area (Å²) in [5, 5.41) is 0. The lowest BCUT2D eigenvalue weighted by atomic mass is 10.1. The number of nitrogens with two attached hydrogens (primary N) is 1. The number of hydrogen-bond donors (Lipinski definition) is 1. The second-order valence-corrected chi connectivity index (χ2v) is 5.10. The highest BCUT2D eigenvalue weighted by molar-refractivity contribution is 5.69. The molecule has 19 heavy (non-hydrogen) atoms. The van der Waals surface area contributed by atoms with Crippen molar-refractivity contribution in [3.63, 3.8) is 0 Å². The fourth-order valence-corrected chi connectivity index (χ4v) is 1.81. The lowest BCUT2D eigenvalue weighted by molar-refractivity contribution is -0.149. The van der Waals surface area contributed by atoms with Crippen molar-refractivity contribution < 1.29 is 14.3 Å². The number of rotatable bonds is 7. The fraction of sp³-hybridized carbons (Fsp3) is 0.533. The van der Waals surface area contributed by atoms with Crippen molar-refractivity contribution in [3.05, 3.63) is 24.3 Å². The molecule has 2 N–H and O–H groups in total. The topological polar surface area (TPSA) is 61.5 Å². The average Bonchev–Trinajstić information content (AvgIpc) is 2.30. The molecule has 1 aromatic carbocycles. The summed E-state index contributed by atoms with van der Waals surface area (Å²) >= 11 is 0. The predicted molar refractivity (Wildman–Crippen MR) is 76.0 cm³/mol. The first-order valence-electron chi connectivity index (χ1n) is 6.65. The van der Waals surface area contributed by atoms with Gasteiger partial charge in [0.05, 0.1) is 19.1 Å². The van der Waals surface area contributed by atoms with E-state index in [-0.39, 0.29) is 18.5 Å². The molecule has 0 aliphatic heterocycles. The van der Waals surface area contributed by atoms with Gasteiger partial charge in [0.1, 0.15) is 5.75 Å². The van der Waals surface area contributed by atoms with E-state index in [4.69, 9.17) is 15.2 Å². The van der Waals surface area contributed by atoms with E-state index >= 15 is 0 Å². The molecule has 1 aromatic rings. The van der Waals surface area contributed by atoms with Gasteiger partial charge in [0, 0.05) is 5.69 Å². The zero-order valence-electron chi connectivity index (χ0n) is 11.9. The van der Waals surface area contributed by atoms with Crippen molar-refractivity contribution in [1.29, 1.82) is 0 Å². The van der Waals surface area contributed by atoms with E-state index in [9.17, 15) is 4.79 Å². The largest absolute Gasteiger partial charge is 0.493 e. The van der Waals surface area contributed by atoms with E-state index in [1.165, 1.54) is 0 Å².